The zero-order chi connectivity index (χ0) is 21.4. The number of hydrogen-bond acceptors (Lipinski definition) is 5. The zero-order valence-electron chi connectivity index (χ0n) is 17.4. The lowest BCUT2D eigenvalue weighted by molar-refractivity contribution is 0.103. The summed E-state index contributed by atoms with van der Waals surface area (Å²) in [6.45, 7) is 4.73. The van der Waals surface area contributed by atoms with Crippen LogP contribution in [0, 0.1) is 6.92 Å². The third-order valence-electron chi connectivity index (χ3n) is 5.68. The summed E-state index contributed by atoms with van der Waals surface area (Å²) in [5, 5.41) is 3.83. The third kappa shape index (κ3) is 4.04. The van der Waals surface area contributed by atoms with Crippen LogP contribution in [0.2, 0.25) is 0 Å². The number of hydrogen-bond donors (Lipinski definition) is 2. The molecule has 156 valence electrons. The molecule has 6 heteroatoms. The first-order chi connectivity index (χ1) is 15.1. The SMILES string of the molecule is Cc1cccc(NC(=O)c2sc3nc4c(cc3c2N)CN(Cc2ccccc2)CC4)c1. The number of rotatable bonds is 4. The fraction of sp³-hybridized carbons (Fsp3) is 0.200. The Morgan fingerprint density at radius 2 is 2.00 bits per heavy atom. The molecule has 2 aromatic carbocycles. The lowest BCUT2D eigenvalue weighted by Crippen LogP contribution is -2.30. The zero-order valence-corrected chi connectivity index (χ0v) is 18.2. The second-order valence-electron chi connectivity index (χ2n) is 8.06. The first-order valence-electron chi connectivity index (χ1n) is 10.4. The molecule has 0 aliphatic carbocycles. The van der Waals surface area contributed by atoms with E-state index in [0.29, 0.717) is 10.6 Å². The number of amides is 1. The van der Waals surface area contributed by atoms with E-state index >= 15 is 0 Å². The minimum absolute atomic E-state index is 0.185. The molecule has 3 heterocycles. The number of benzene rings is 2. The van der Waals surface area contributed by atoms with Crippen molar-refractivity contribution in [1.82, 2.24) is 9.88 Å². The molecule has 5 nitrogen and oxygen atoms in total. The van der Waals surface area contributed by atoms with Crippen LogP contribution in [0.15, 0.2) is 60.7 Å². The number of fused-ring (bicyclic) bond motifs is 2. The molecule has 0 radical (unpaired) electrons. The molecule has 1 amide bonds. The molecule has 1 aliphatic rings. The second kappa shape index (κ2) is 8.13. The molecule has 3 N–H and O–H groups in total. The maximum Gasteiger partial charge on any atom is 0.267 e. The molecule has 0 bridgehead atoms. The molecule has 5 rings (SSSR count). The van der Waals surface area contributed by atoms with Crippen molar-refractivity contribution in [3.8, 4) is 0 Å². The summed E-state index contributed by atoms with van der Waals surface area (Å²) in [5.41, 5.74) is 12.4. The topological polar surface area (TPSA) is 71.2 Å². The van der Waals surface area contributed by atoms with Crippen molar-refractivity contribution in [2.24, 2.45) is 0 Å². The third-order valence-corrected chi connectivity index (χ3v) is 6.79. The van der Waals surface area contributed by atoms with Crippen LogP contribution in [0.25, 0.3) is 10.2 Å². The number of anilines is 2. The second-order valence-corrected chi connectivity index (χ2v) is 9.06. The Hall–Kier alpha value is -3.22. The highest BCUT2D eigenvalue weighted by Gasteiger charge is 2.23. The maximum atomic E-state index is 12.9. The van der Waals surface area contributed by atoms with E-state index in [2.05, 4.69) is 40.5 Å². The average molecular weight is 429 g/mol. The molecule has 2 aromatic heterocycles. The molecule has 0 saturated heterocycles. The molecule has 0 unspecified atom stereocenters. The lowest BCUT2D eigenvalue weighted by atomic mass is 10.0. The fourth-order valence-electron chi connectivity index (χ4n) is 4.11. The number of carbonyl (C=O) groups is 1. The number of aryl methyl sites for hydroxylation is 1. The standard InChI is InChI=1S/C25H24N4OS/c1-16-6-5-9-19(12-16)27-24(30)23-22(26)20-13-18-15-29(14-17-7-3-2-4-8-17)11-10-21(18)28-25(20)31-23/h2-9,12-13H,10-11,14-15,26H2,1H3,(H,27,30). The van der Waals surface area contributed by atoms with Crippen LogP contribution in [0.1, 0.15) is 32.1 Å². The minimum Gasteiger partial charge on any atom is -0.397 e. The van der Waals surface area contributed by atoms with Crippen LogP contribution < -0.4 is 11.1 Å². The van der Waals surface area contributed by atoms with Gasteiger partial charge in [0, 0.05) is 42.8 Å². The Labute approximate surface area is 185 Å². The van der Waals surface area contributed by atoms with Crippen molar-refractivity contribution in [3.05, 3.63) is 87.9 Å². The van der Waals surface area contributed by atoms with Crippen molar-refractivity contribution in [2.45, 2.75) is 26.4 Å². The quantitative estimate of drug-likeness (QED) is 0.480. The van der Waals surface area contributed by atoms with Gasteiger partial charge in [-0.2, -0.15) is 0 Å². The van der Waals surface area contributed by atoms with E-state index in [-0.39, 0.29) is 5.91 Å². The summed E-state index contributed by atoms with van der Waals surface area (Å²) >= 11 is 1.37. The Morgan fingerprint density at radius 3 is 2.81 bits per heavy atom. The number of nitrogens with two attached hydrogens (primary N) is 1. The lowest BCUT2D eigenvalue weighted by Gasteiger charge is -2.28. The molecule has 0 spiro atoms. The Morgan fingerprint density at radius 1 is 1.16 bits per heavy atom. The van der Waals surface area contributed by atoms with Gasteiger partial charge in [-0.1, -0.05) is 42.5 Å². The van der Waals surface area contributed by atoms with E-state index in [0.717, 1.165) is 53.2 Å². The number of nitrogens with zero attached hydrogens (tertiary/aromatic N) is 2. The molecular formula is C25H24N4OS. The largest absolute Gasteiger partial charge is 0.397 e. The van der Waals surface area contributed by atoms with Crippen LogP contribution in [0.4, 0.5) is 11.4 Å². The van der Waals surface area contributed by atoms with E-state index in [1.165, 1.54) is 22.5 Å². The van der Waals surface area contributed by atoms with Crippen molar-refractivity contribution < 1.29 is 4.79 Å². The summed E-state index contributed by atoms with van der Waals surface area (Å²) < 4.78 is 0. The highest BCUT2D eigenvalue weighted by Crippen LogP contribution is 2.35. The van der Waals surface area contributed by atoms with Gasteiger partial charge in [-0.3, -0.25) is 9.69 Å². The van der Waals surface area contributed by atoms with Crippen LogP contribution in [-0.4, -0.2) is 22.3 Å². The van der Waals surface area contributed by atoms with Crippen molar-refractivity contribution in [3.63, 3.8) is 0 Å². The average Bonchev–Trinajstić information content (AvgIpc) is 3.09. The molecule has 1 aliphatic heterocycles. The van der Waals surface area contributed by atoms with Crippen molar-refractivity contribution in [1.29, 1.82) is 0 Å². The van der Waals surface area contributed by atoms with E-state index in [4.69, 9.17) is 10.7 Å². The van der Waals surface area contributed by atoms with E-state index in [1.807, 2.05) is 37.3 Å². The minimum atomic E-state index is -0.185. The van der Waals surface area contributed by atoms with Gasteiger partial charge in [-0.25, -0.2) is 4.98 Å². The Balaban J connectivity index is 1.40. The first kappa shape index (κ1) is 19.7. The number of nitrogens with one attached hydrogen (secondary N) is 1. The fourth-order valence-corrected chi connectivity index (χ4v) is 5.10. The highest BCUT2D eigenvalue weighted by molar-refractivity contribution is 7.21. The predicted molar refractivity (Wildman–Crippen MR) is 127 cm³/mol. The first-order valence-corrected chi connectivity index (χ1v) is 11.2. The summed E-state index contributed by atoms with van der Waals surface area (Å²) in [5.74, 6) is -0.185. The van der Waals surface area contributed by atoms with Gasteiger partial charge in [0.2, 0.25) is 0 Å². The molecule has 0 saturated carbocycles. The number of aromatic nitrogens is 1. The Bertz CT molecular complexity index is 1270. The molecule has 4 aromatic rings. The van der Waals surface area contributed by atoms with Gasteiger partial charge in [-0.05, 0) is 41.8 Å². The highest BCUT2D eigenvalue weighted by atomic mass is 32.1. The van der Waals surface area contributed by atoms with Crippen LogP contribution in [0.3, 0.4) is 0 Å². The predicted octanol–water partition coefficient (Wildman–Crippen LogP) is 5.00. The van der Waals surface area contributed by atoms with Gasteiger partial charge in [0.15, 0.2) is 0 Å². The number of thiophene rings is 1. The maximum absolute atomic E-state index is 12.9. The van der Waals surface area contributed by atoms with Gasteiger partial charge in [0.25, 0.3) is 5.91 Å². The van der Waals surface area contributed by atoms with Crippen molar-refractivity contribution in [2.75, 3.05) is 17.6 Å². The molecular weight excluding hydrogens is 404 g/mol. The van der Waals surface area contributed by atoms with Gasteiger partial charge in [0.1, 0.15) is 9.71 Å². The number of carbonyl (C=O) groups excluding carboxylic acids is 1. The number of nitrogen functional groups attached to an aromatic ring is 1. The van der Waals surface area contributed by atoms with Crippen LogP contribution in [0.5, 0.6) is 0 Å². The number of pyridine rings is 1. The summed E-state index contributed by atoms with van der Waals surface area (Å²) in [4.78, 5) is 21.5. The molecule has 31 heavy (non-hydrogen) atoms. The monoisotopic (exact) mass is 428 g/mol. The molecule has 0 atom stereocenters. The van der Waals surface area contributed by atoms with E-state index < -0.39 is 0 Å². The summed E-state index contributed by atoms with van der Waals surface area (Å²) in [7, 11) is 0. The van der Waals surface area contributed by atoms with Crippen LogP contribution in [-0.2, 0) is 19.5 Å². The summed E-state index contributed by atoms with van der Waals surface area (Å²) in [6, 6.07) is 20.4. The summed E-state index contributed by atoms with van der Waals surface area (Å²) in [6.07, 6.45) is 0.904. The molecule has 0 fully saturated rings. The van der Waals surface area contributed by atoms with Crippen LogP contribution >= 0.6 is 11.3 Å². The van der Waals surface area contributed by atoms with Gasteiger partial charge in [0.05, 0.1) is 5.69 Å². The van der Waals surface area contributed by atoms with Gasteiger partial charge < -0.3 is 11.1 Å². The van der Waals surface area contributed by atoms with Gasteiger partial charge in [-0.15, -0.1) is 11.3 Å². The van der Waals surface area contributed by atoms with E-state index in [9.17, 15) is 4.79 Å². The van der Waals surface area contributed by atoms with Crippen molar-refractivity contribution >= 4 is 38.8 Å². The van der Waals surface area contributed by atoms with Gasteiger partial charge >= 0.3 is 0 Å². The van der Waals surface area contributed by atoms with E-state index in [1.54, 1.807) is 0 Å². The Kier molecular flexibility index (Phi) is 5.18. The normalized spacial score (nSPS) is 13.8. The smallest absolute Gasteiger partial charge is 0.267 e.